The molecule has 0 heterocycles. The van der Waals surface area contributed by atoms with Crippen molar-refractivity contribution >= 4 is 17.8 Å². The summed E-state index contributed by atoms with van der Waals surface area (Å²) < 4.78 is 27.7. The van der Waals surface area contributed by atoms with Gasteiger partial charge in [0.15, 0.2) is 0 Å². The predicted molar refractivity (Wildman–Crippen MR) is 137 cm³/mol. The second-order valence-corrected chi connectivity index (χ2v) is 8.68. The number of hydrogen-bond acceptors (Lipinski definition) is 5. The summed E-state index contributed by atoms with van der Waals surface area (Å²) in [6.45, 7) is 1.69. The van der Waals surface area contributed by atoms with Gasteiger partial charge in [-0.2, -0.15) is 0 Å². The third-order valence-electron chi connectivity index (χ3n) is 5.39. The summed E-state index contributed by atoms with van der Waals surface area (Å²) in [5.41, 5.74) is 1.26. The summed E-state index contributed by atoms with van der Waals surface area (Å²) in [4.78, 5) is 38.6. The topological polar surface area (TPSA) is 123 Å². The van der Waals surface area contributed by atoms with Gasteiger partial charge in [-0.1, -0.05) is 24.0 Å². The summed E-state index contributed by atoms with van der Waals surface area (Å²) in [6.07, 6.45) is -3.28. The maximum Gasteiger partial charge on any atom is 0.315 e. The average Bonchev–Trinajstić information content (AvgIpc) is 2.89. The first kappa shape index (κ1) is 29.8. The minimum atomic E-state index is -3.28. The number of carbonyl (C=O) groups is 3. The molecule has 9 nitrogen and oxygen atoms in total. The zero-order valence-corrected chi connectivity index (χ0v) is 21.4. The molecular weight excluding hydrogens is 496 g/mol. The summed E-state index contributed by atoms with van der Waals surface area (Å²) in [7, 11) is 5.18. The second kappa shape index (κ2) is 13.7. The Morgan fingerprint density at radius 3 is 1.95 bits per heavy atom. The molecule has 2 rings (SSSR count). The molecule has 5 N–H and O–H groups in total. The van der Waals surface area contributed by atoms with Crippen LogP contribution in [0.15, 0.2) is 48.5 Å². The number of benzene rings is 2. The Kier molecular flexibility index (Phi) is 10.8. The minimum Gasteiger partial charge on any atom is -0.341 e. The molecule has 38 heavy (non-hydrogen) atoms. The number of hydroxylamine groups is 1. The monoisotopic (exact) mass is 525 g/mol. The average molecular weight is 526 g/mol. The first-order valence-corrected chi connectivity index (χ1v) is 11.4. The molecule has 0 aromatic heterocycles. The molecule has 0 fully saturated rings. The standard InChI is InChI=1S/C27H29F2N5O4/c1-27(25(28)29,32-26(37)30-2)22(24(36)33-38)31-23(35)21-15-13-19(14-16-21)8-6-5-7-18-9-11-20(12-10-18)17-34(3)4/h9-16,22,25,38H,17H2,1-4H3,(H,31,35)(H,33,36)(H2,30,32,37)/t22-,27?/m1/s1. The first-order chi connectivity index (χ1) is 18.0. The highest BCUT2D eigenvalue weighted by Crippen LogP contribution is 2.21. The molecule has 0 saturated heterocycles. The van der Waals surface area contributed by atoms with E-state index in [-0.39, 0.29) is 5.56 Å². The van der Waals surface area contributed by atoms with Gasteiger partial charge in [0.05, 0.1) is 0 Å². The van der Waals surface area contributed by atoms with E-state index in [4.69, 9.17) is 5.21 Å². The van der Waals surface area contributed by atoms with Crippen LogP contribution in [0.3, 0.4) is 0 Å². The summed E-state index contributed by atoms with van der Waals surface area (Å²) in [6, 6.07) is 10.6. The molecule has 0 bridgehead atoms. The van der Waals surface area contributed by atoms with E-state index in [1.807, 2.05) is 43.7 Å². The minimum absolute atomic E-state index is 0.0340. The molecule has 0 aliphatic carbocycles. The van der Waals surface area contributed by atoms with Crippen molar-refractivity contribution in [2.75, 3.05) is 21.1 Å². The smallest absolute Gasteiger partial charge is 0.315 e. The zero-order valence-electron chi connectivity index (χ0n) is 21.4. The van der Waals surface area contributed by atoms with Crippen LogP contribution in [0.4, 0.5) is 13.6 Å². The Hall–Kier alpha value is -4.45. The highest BCUT2D eigenvalue weighted by atomic mass is 19.3. The fourth-order valence-corrected chi connectivity index (χ4v) is 3.30. The van der Waals surface area contributed by atoms with Crippen LogP contribution in [-0.2, 0) is 11.3 Å². The largest absolute Gasteiger partial charge is 0.341 e. The number of rotatable bonds is 8. The van der Waals surface area contributed by atoms with E-state index in [1.165, 1.54) is 42.4 Å². The fraction of sp³-hybridized carbons (Fsp3) is 0.296. The van der Waals surface area contributed by atoms with Gasteiger partial charge in [0, 0.05) is 30.3 Å². The molecule has 0 spiro atoms. The van der Waals surface area contributed by atoms with Crippen LogP contribution in [0.5, 0.6) is 0 Å². The van der Waals surface area contributed by atoms with Gasteiger partial charge in [0.2, 0.25) is 0 Å². The van der Waals surface area contributed by atoms with Crippen molar-refractivity contribution < 1.29 is 28.4 Å². The lowest BCUT2D eigenvalue weighted by Gasteiger charge is -2.36. The van der Waals surface area contributed by atoms with Crippen molar-refractivity contribution in [3.05, 3.63) is 70.8 Å². The van der Waals surface area contributed by atoms with Gasteiger partial charge >= 0.3 is 6.03 Å². The van der Waals surface area contributed by atoms with Gasteiger partial charge in [0.1, 0.15) is 11.6 Å². The molecule has 2 atom stereocenters. The Morgan fingerprint density at radius 2 is 1.50 bits per heavy atom. The number of amides is 4. The van der Waals surface area contributed by atoms with Crippen LogP contribution in [0.1, 0.15) is 34.0 Å². The van der Waals surface area contributed by atoms with Crippen molar-refractivity contribution in [3.63, 3.8) is 0 Å². The van der Waals surface area contributed by atoms with Gasteiger partial charge in [-0.15, -0.1) is 0 Å². The number of nitrogens with zero attached hydrogens (tertiary/aromatic N) is 1. The molecule has 1 unspecified atom stereocenters. The molecule has 0 aliphatic rings. The third kappa shape index (κ3) is 8.30. The van der Waals surface area contributed by atoms with Crippen LogP contribution in [-0.4, -0.2) is 67.1 Å². The van der Waals surface area contributed by atoms with Gasteiger partial charge < -0.3 is 20.9 Å². The Morgan fingerprint density at radius 1 is 0.974 bits per heavy atom. The van der Waals surface area contributed by atoms with Gasteiger partial charge in [-0.05, 0) is 74.8 Å². The maximum absolute atomic E-state index is 13.9. The van der Waals surface area contributed by atoms with Crippen LogP contribution in [0.25, 0.3) is 0 Å². The van der Waals surface area contributed by atoms with Crippen molar-refractivity contribution in [1.82, 2.24) is 26.3 Å². The van der Waals surface area contributed by atoms with Crippen molar-refractivity contribution in [1.29, 1.82) is 0 Å². The van der Waals surface area contributed by atoms with E-state index in [9.17, 15) is 23.2 Å². The molecule has 200 valence electrons. The van der Waals surface area contributed by atoms with Crippen LogP contribution in [0.2, 0.25) is 0 Å². The van der Waals surface area contributed by atoms with Crippen LogP contribution >= 0.6 is 0 Å². The summed E-state index contributed by atoms with van der Waals surface area (Å²) >= 11 is 0. The second-order valence-electron chi connectivity index (χ2n) is 8.68. The van der Waals surface area contributed by atoms with Crippen LogP contribution in [0, 0.1) is 23.7 Å². The quantitative estimate of drug-likeness (QED) is 0.204. The molecular formula is C27H29F2N5O4. The third-order valence-corrected chi connectivity index (χ3v) is 5.39. The number of alkyl halides is 2. The van der Waals surface area contributed by atoms with Crippen molar-refractivity contribution in [2.45, 2.75) is 31.5 Å². The SMILES string of the molecule is CNC(=O)NC(C)(C(F)F)[C@H](NC(=O)c1ccc(C#CC#Cc2ccc(CN(C)C)cc2)cc1)C(=O)NO. The number of halogens is 2. The molecule has 0 aliphatic heterocycles. The van der Waals surface area contributed by atoms with Gasteiger partial charge in [0.25, 0.3) is 18.2 Å². The lowest BCUT2D eigenvalue weighted by molar-refractivity contribution is -0.135. The molecule has 0 saturated carbocycles. The number of urea groups is 1. The maximum atomic E-state index is 13.9. The van der Waals surface area contributed by atoms with Crippen LogP contribution < -0.4 is 21.4 Å². The Bertz CT molecular complexity index is 1260. The Labute approximate surface area is 219 Å². The summed E-state index contributed by atoms with van der Waals surface area (Å²) in [5, 5.41) is 15.2. The molecule has 11 heteroatoms. The van der Waals surface area contributed by atoms with E-state index in [2.05, 4.69) is 39.2 Å². The van der Waals surface area contributed by atoms with Gasteiger partial charge in [-0.3, -0.25) is 14.8 Å². The van der Waals surface area contributed by atoms with Crippen molar-refractivity contribution in [2.24, 2.45) is 0 Å². The molecule has 2 aromatic rings. The van der Waals surface area contributed by atoms with E-state index in [0.29, 0.717) is 5.56 Å². The van der Waals surface area contributed by atoms with E-state index in [1.54, 1.807) is 0 Å². The summed E-state index contributed by atoms with van der Waals surface area (Å²) in [5.74, 6) is 9.05. The van der Waals surface area contributed by atoms with Crippen molar-refractivity contribution in [3.8, 4) is 23.7 Å². The molecule has 2 aromatic carbocycles. The number of hydrogen-bond donors (Lipinski definition) is 5. The van der Waals surface area contributed by atoms with E-state index < -0.39 is 35.9 Å². The normalized spacial score (nSPS) is 12.7. The number of carbonyl (C=O) groups excluding carboxylic acids is 3. The first-order valence-electron chi connectivity index (χ1n) is 11.4. The molecule has 4 amide bonds. The van der Waals surface area contributed by atoms with E-state index in [0.717, 1.165) is 19.0 Å². The Balaban J connectivity index is 2.13. The molecule has 0 radical (unpaired) electrons. The lowest BCUT2D eigenvalue weighted by Crippen LogP contribution is -2.69. The fourth-order valence-electron chi connectivity index (χ4n) is 3.30. The van der Waals surface area contributed by atoms with E-state index >= 15 is 0 Å². The predicted octanol–water partition coefficient (Wildman–Crippen LogP) is 1.71. The van der Waals surface area contributed by atoms with Gasteiger partial charge in [-0.25, -0.2) is 19.1 Å². The number of nitrogens with one attached hydrogen (secondary N) is 4. The highest BCUT2D eigenvalue weighted by molar-refractivity contribution is 5.98. The highest BCUT2D eigenvalue weighted by Gasteiger charge is 2.48. The zero-order chi connectivity index (χ0) is 28.3. The lowest BCUT2D eigenvalue weighted by atomic mass is 9.91.